The first kappa shape index (κ1) is 42.5. The summed E-state index contributed by atoms with van der Waals surface area (Å²) in [5, 5.41) is 17.6. The summed E-state index contributed by atoms with van der Waals surface area (Å²) in [5.74, 6) is -4.03. The molecule has 4 amide bonds. The largest absolute Gasteiger partial charge is 0.480 e. The summed E-state index contributed by atoms with van der Waals surface area (Å²) in [6, 6.07) is 25.3. The highest BCUT2D eigenvalue weighted by Crippen LogP contribution is 2.50. The van der Waals surface area contributed by atoms with Crippen molar-refractivity contribution in [2.75, 3.05) is 19.6 Å². The lowest BCUT2D eigenvalue weighted by atomic mass is 10.1. The second kappa shape index (κ2) is 22.2. The summed E-state index contributed by atoms with van der Waals surface area (Å²) in [7, 11) is -4.82. The zero-order valence-corrected chi connectivity index (χ0v) is 31.4. The number of carbonyl (C=O) groups excluding carboxylic acids is 4. The quantitative estimate of drug-likeness (QED) is 0.0665. The molecule has 1 saturated heterocycles. The molecule has 55 heavy (non-hydrogen) atoms. The third-order valence-electron chi connectivity index (χ3n) is 8.86. The van der Waals surface area contributed by atoms with Crippen LogP contribution in [0.3, 0.4) is 0 Å². The fourth-order valence-corrected chi connectivity index (χ4v) is 7.43. The molecule has 3 aromatic rings. The summed E-state index contributed by atoms with van der Waals surface area (Å²) < 4.78 is 30.2. The molecule has 296 valence electrons. The van der Waals surface area contributed by atoms with Crippen LogP contribution in [-0.2, 0) is 41.4 Å². The number of carbonyl (C=O) groups is 5. The van der Waals surface area contributed by atoms with Crippen molar-refractivity contribution in [3.63, 3.8) is 0 Å². The molecule has 5 N–H and O–H groups in total. The molecular formula is C39H49N4O11P. The van der Waals surface area contributed by atoms with E-state index in [-0.39, 0.29) is 70.5 Å². The smallest absolute Gasteiger partial charge is 0.407 e. The SMILES string of the molecule is O=C(NCCCCC(OP(=O)(O)[C@@H](CCCCNC(=O)OCc1ccccc1)NC(=O)c1ccccc1)C(=O)N1CCC[C@H]1C(=O)O)OCc1ccccc1. The van der Waals surface area contributed by atoms with Gasteiger partial charge in [-0.2, -0.15) is 0 Å². The number of nitrogens with one attached hydrogen (secondary N) is 3. The van der Waals surface area contributed by atoms with E-state index >= 15 is 0 Å². The van der Waals surface area contributed by atoms with E-state index in [2.05, 4.69) is 16.0 Å². The summed E-state index contributed by atoms with van der Waals surface area (Å²) in [5.41, 5.74) is 1.88. The van der Waals surface area contributed by atoms with Gasteiger partial charge in [0.05, 0.1) is 0 Å². The van der Waals surface area contributed by atoms with Gasteiger partial charge in [0, 0.05) is 25.2 Å². The molecule has 4 rings (SSSR count). The molecular weight excluding hydrogens is 731 g/mol. The van der Waals surface area contributed by atoms with Crippen LogP contribution < -0.4 is 16.0 Å². The van der Waals surface area contributed by atoms with E-state index in [1.165, 1.54) is 12.1 Å². The summed E-state index contributed by atoms with van der Waals surface area (Å²) in [6.45, 7) is 0.673. The van der Waals surface area contributed by atoms with Crippen LogP contribution in [0.2, 0.25) is 0 Å². The van der Waals surface area contributed by atoms with E-state index in [0.29, 0.717) is 19.3 Å². The van der Waals surface area contributed by atoms with Gasteiger partial charge in [0.25, 0.3) is 11.8 Å². The maximum atomic E-state index is 14.1. The highest BCUT2D eigenvalue weighted by Gasteiger charge is 2.42. The van der Waals surface area contributed by atoms with Crippen LogP contribution in [0, 0.1) is 0 Å². The number of unbranched alkanes of at least 4 members (excludes halogenated alkanes) is 2. The Labute approximate surface area is 320 Å². The molecule has 1 fully saturated rings. The molecule has 1 heterocycles. The minimum absolute atomic E-state index is 0.0511. The molecule has 0 spiro atoms. The standard InChI is InChI=1S/C39H49N4O11P/c44-35(31-19-8-3-9-20-31)42-34(23-11-13-25-41-39(49)53-28-30-17-6-2-7-18-30)55(50,51)54-33(36(45)43-26-14-21-32(43)37(46)47)22-10-12-24-40-38(48)52-27-29-15-4-1-5-16-29/h1-9,15-20,32-34H,10-14,21-28H2,(H,40,48)(H,41,49)(H,42,44)(H,46,47)(H,50,51)/t32-,33?,34-/m0/s1. The zero-order valence-electron chi connectivity index (χ0n) is 30.5. The Hall–Kier alpha value is -5.24. The van der Waals surface area contributed by atoms with Gasteiger partial charge in [-0.3, -0.25) is 18.7 Å². The van der Waals surface area contributed by atoms with E-state index < -0.39 is 55.5 Å². The van der Waals surface area contributed by atoms with Gasteiger partial charge in [-0.25, -0.2) is 14.4 Å². The van der Waals surface area contributed by atoms with Crippen molar-refractivity contribution in [3.8, 4) is 0 Å². The second-order valence-electron chi connectivity index (χ2n) is 13.0. The predicted octanol–water partition coefficient (Wildman–Crippen LogP) is 5.58. The number of hydrogen-bond donors (Lipinski definition) is 5. The molecule has 3 aromatic carbocycles. The van der Waals surface area contributed by atoms with Gasteiger partial charge in [0.15, 0.2) is 0 Å². The van der Waals surface area contributed by atoms with Crippen molar-refractivity contribution in [2.24, 2.45) is 0 Å². The van der Waals surface area contributed by atoms with Crippen molar-refractivity contribution < 1.29 is 52.5 Å². The second-order valence-corrected chi connectivity index (χ2v) is 15.0. The number of nitrogens with zero attached hydrogens (tertiary/aromatic N) is 1. The average Bonchev–Trinajstić information content (AvgIpc) is 3.70. The molecule has 1 aliphatic rings. The minimum Gasteiger partial charge on any atom is -0.480 e. The Morgan fingerprint density at radius 3 is 1.78 bits per heavy atom. The normalized spacial score (nSPS) is 15.9. The Balaban J connectivity index is 1.37. The Morgan fingerprint density at radius 1 is 0.745 bits per heavy atom. The zero-order chi connectivity index (χ0) is 39.5. The lowest BCUT2D eigenvalue weighted by Crippen LogP contribution is -2.46. The van der Waals surface area contributed by atoms with Gasteiger partial charge in [0.2, 0.25) is 0 Å². The summed E-state index contributed by atoms with van der Waals surface area (Å²) in [6.07, 6.45) is -1.01. The van der Waals surface area contributed by atoms with Crippen molar-refractivity contribution >= 4 is 37.6 Å². The number of benzene rings is 3. The van der Waals surface area contributed by atoms with Gasteiger partial charge in [0.1, 0.15) is 31.1 Å². The highest BCUT2D eigenvalue weighted by atomic mass is 31.2. The van der Waals surface area contributed by atoms with E-state index in [9.17, 15) is 38.5 Å². The van der Waals surface area contributed by atoms with Crippen LogP contribution in [0.5, 0.6) is 0 Å². The first-order chi connectivity index (χ1) is 26.5. The molecule has 0 aliphatic carbocycles. The van der Waals surface area contributed by atoms with E-state index in [1.54, 1.807) is 18.2 Å². The predicted molar refractivity (Wildman–Crippen MR) is 202 cm³/mol. The molecule has 0 saturated carbocycles. The van der Waals surface area contributed by atoms with Crippen molar-refractivity contribution in [3.05, 3.63) is 108 Å². The number of aliphatic carboxylic acids is 1. The highest BCUT2D eigenvalue weighted by molar-refractivity contribution is 7.53. The van der Waals surface area contributed by atoms with Crippen LogP contribution in [0.25, 0.3) is 0 Å². The van der Waals surface area contributed by atoms with Crippen molar-refractivity contribution in [1.29, 1.82) is 0 Å². The van der Waals surface area contributed by atoms with Crippen LogP contribution in [0.15, 0.2) is 91.0 Å². The first-order valence-corrected chi connectivity index (χ1v) is 20.0. The van der Waals surface area contributed by atoms with E-state index in [1.807, 2.05) is 60.7 Å². The van der Waals surface area contributed by atoms with E-state index in [4.69, 9.17) is 14.0 Å². The number of hydrogen-bond acceptors (Lipinski definition) is 9. The lowest BCUT2D eigenvalue weighted by Gasteiger charge is -2.30. The molecule has 0 radical (unpaired) electrons. The number of alkyl carbamates (subject to hydrolysis) is 2. The molecule has 1 aliphatic heterocycles. The number of likely N-dealkylation sites (tertiary alicyclic amines) is 1. The van der Waals surface area contributed by atoms with Crippen molar-refractivity contribution in [1.82, 2.24) is 20.9 Å². The molecule has 16 heteroatoms. The maximum absolute atomic E-state index is 14.1. The number of carboxylic acids is 1. The maximum Gasteiger partial charge on any atom is 0.407 e. The van der Waals surface area contributed by atoms with Gasteiger partial charge in [-0.15, -0.1) is 0 Å². The Kier molecular flexibility index (Phi) is 17.2. The van der Waals surface area contributed by atoms with Crippen LogP contribution >= 0.6 is 7.60 Å². The van der Waals surface area contributed by atoms with Crippen molar-refractivity contribution in [2.45, 2.75) is 82.5 Å². The third kappa shape index (κ3) is 14.5. The molecule has 0 aromatic heterocycles. The van der Waals surface area contributed by atoms with Crippen LogP contribution in [0.4, 0.5) is 9.59 Å². The number of ether oxygens (including phenoxy) is 2. The monoisotopic (exact) mass is 780 g/mol. The number of carboxylic acid groups (broad SMARTS) is 1. The molecule has 15 nitrogen and oxygen atoms in total. The Bertz CT molecular complexity index is 1730. The number of amides is 4. The van der Waals surface area contributed by atoms with Gasteiger partial charge >= 0.3 is 25.8 Å². The minimum atomic E-state index is -4.82. The third-order valence-corrected chi connectivity index (χ3v) is 10.6. The Morgan fingerprint density at radius 2 is 1.25 bits per heavy atom. The van der Waals surface area contributed by atoms with Gasteiger partial charge < -0.3 is 40.3 Å². The summed E-state index contributed by atoms with van der Waals surface area (Å²) in [4.78, 5) is 75.8. The summed E-state index contributed by atoms with van der Waals surface area (Å²) >= 11 is 0. The topological polar surface area (TPSA) is 210 Å². The first-order valence-electron chi connectivity index (χ1n) is 18.3. The fourth-order valence-electron chi connectivity index (χ4n) is 5.94. The lowest BCUT2D eigenvalue weighted by molar-refractivity contribution is -0.151. The van der Waals surface area contributed by atoms with Gasteiger partial charge in [-0.1, -0.05) is 78.9 Å². The van der Waals surface area contributed by atoms with Crippen LogP contribution in [0.1, 0.15) is 72.9 Å². The molecule has 4 atom stereocenters. The fraction of sp³-hybridized carbons (Fsp3) is 0.410. The van der Waals surface area contributed by atoms with Gasteiger partial charge in [-0.05, 0) is 74.6 Å². The molecule has 2 unspecified atom stereocenters. The molecule has 0 bridgehead atoms. The number of rotatable bonds is 21. The van der Waals surface area contributed by atoms with E-state index in [0.717, 1.165) is 16.0 Å². The average molecular weight is 781 g/mol. The van der Waals surface area contributed by atoms with Crippen LogP contribution in [-0.4, -0.2) is 82.4 Å².